The Morgan fingerprint density at radius 3 is 2.50 bits per heavy atom. The Bertz CT molecular complexity index is 456. The normalized spacial score (nSPS) is 17.9. The van der Waals surface area contributed by atoms with Gasteiger partial charge >= 0.3 is 0 Å². The fraction of sp³-hybridized carbons (Fsp3) is 0.143. The van der Waals surface area contributed by atoms with Crippen molar-refractivity contribution in [3.05, 3.63) is 60.2 Å². The molecule has 0 spiro atoms. The third-order valence-electron chi connectivity index (χ3n) is 2.74. The van der Waals surface area contributed by atoms with Gasteiger partial charge in [-0.3, -0.25) is 0 Å². The van der Waals surface area contributed by atoms with Crippen molar-refractivity contribution >= 4 is 17.4 Å². The number of benzene rings is 2. The van der Waals surface area contributed by atoms with Crippen molar-refractivity contribution in [2.24, 2.45) is 0 Å². The van der Waals surface area contributed by atoms with E-state index in [-0.39, 0.29) is 0 Å². The number of rotatable bonds is 2. The highest BCUT2D eigenvalue weighted by Crippen LogP contribution is 2.39. The van der Waals surface area contributed by atoms with Crippen LogP contribution in [-0.4, -0.2) is 5.37 Å². The van der Waals surface area contributed by atoms with E-state index in [4.69, 9.17) is 0 Å². The zero-order chi connectivity index (χ0) is 10.8. The monoisotopic (exact) mass is 227 g/mol. The lowest BCUT2D eigenvalue weighted by Crippen LogP contribution is -2.12. The molecule has 1 atom stereocenters. The molecule has 0 saturated carbocycles. The lowest BCUT2D eigenvalue weighted by Gasteiger charge is -2.09. The smallest absolute Gasteiger partial charge is 0.0810 e. The number of hydrogen-bond acceptors (Lipinski definition) is 2. The first-order valence-electron chi connectivity index (χ1n) is 5.48. The van der Waals surface area contributed by atoms with Crippen LogP contribution in [0, 0.1) is 0 Å². The first kappa shape index (κ1) is 9.79. The maximum Gasteiger partial charge on any atom is 0.0810 e. The highest BCUT2D eigenvalue weighted by Gasteiger charge is 2.20. The average Bonchev–Trinajstić information content (AvgIpc) is 2.72. The summed E-state index contributed by atoms with van der Waals surface area (Å²) >= 11 is 1.92. The summed E-state index contributed by atoms with van der Waals surface area (Å²) in [6.45, 7) is 0. The van der Waals surface area contributed by atoms with Gasteiger partial charge in [-0.15, -0.1) is 0 Å². The second-order valence-electron chi connectivity index (χ2n) is 3.94. The van der Waals surface area contributed by atoms with Crippen molar-refractivity contribution < 1.29 is 0 Å². The molecule has 1 aliphatic rings. The maximum atomic E-state index is 3.55. The predicted octanol–water partition coefficient (Wildman–Crippen LogP) is 3.77. The van der Waals surface area contributed by atoms with Gasteiger partial charge in [0.15, 0.2) is 0 Å². The minimum Gasteiger partial charge on any atom is -0.372 e. The molecule has 1 aliphatic heterocycles. The van der Waals surface area contributed by atoms with E-state index >= 15 is 0 Å². The molecule has 16 heavy (non-hydrogen) atoms. The Morgan fingerprint density at radius 2 is 1.69 bits per heavy atom. The second kappa shape index (κ2) is 4.22. The van der Waals surface area contributed by atoms with Gasteiger partial charge in [0, 0.05) is 17.0 Å². The van der Waals surface area contributed by atoms with Crippen LogP contribution in [0.5, 0.6) is 0 Å². The van der Waals surface area contributed by atoms with E-state index in [1.165, 1.54) is 16.1 Å². The number of fused-ring (bicyclic) bond motifs is 1. The van der Waals surface area contributed by atoms with E-state index in [2.05, 4.69) is 59.9 Å². The zero-order valence-electron chi connectivity index (χ0n) is 8.89. The molecule has 0 fully saturated rings. The molecule has 2 aromatic carbocycles. The first-order chi connectivity index (χ1) is 7.92. The molecular weight excluding hydrogens is 214 g/mol. The Kier molecular flexibility index (Phi) is 2.58. The summed E-state index contributed by atoms with van der Waals surface area (Å²) in [5.74, 6) is 0. The number of thioether (sulfide) groups is 1. The molecule has 0 amide bonds. The molecule has 0 aromatic heterocycles. The number of hydrogen-bond donors (Lipinski definition) is 1. The van der Waals surface area contributed by atoms with E-state index in [1.807, 2.05) is 11.8 Å². The topological polar surface area (TPSA) is 12.0 Å². The van der Waals surface area contributed by atoms with Gasteiger partial charge in [0.1, 0.15) is 0 Å². The Labute approximate surface area is 99.9 Å². The summed E-state index contributed by atoms with van der Waals surface area (Å²) in [5, 5.41) is 4.02. The van der Waals surface area contributed by atoms with Crippen molar-refractivity contribution in [2.75, 3.05) is 5.32 Å². The van der Waals surface area contributed by atoms with Crippen LogP contribution in [0.15, 0.2) is 59.5 Å². The van der Waals surface area contributed by atoms with E-state index < -0.39 is 0 Å². The van der Waals surface area contributed by atoms with Crippen LogP contribution < -0.4 is 5.32 Å². The minimum atomic E-state index is 0.472. The third-order valence-corrected chi connectivity index (χ3v) is 3.92. The van der Waals surface area contributed by atoms with Crippen LogP contribution in [0.2, 0.25) is 0 Å². The van der Waals surface area contributed by atoms with Crippen molar-refractivity contribution in [2.45, 2.75) is 16.7 Å². The SMILES string of the molecule is c1ccc(C[C@H]2Nc3ccccc3S2)cc1. The lowest BCUT2D eigenvalue weighted by molar-refractivity contribution is 0.969. The van der Waals surface area contributed by atoms with Crippen LogP contribution in [-0.2, 0) is 6.42 Å². The lowest BCUT2D eigenvalue weighted by atomic mass is 10.1. The summed E-state index contributed by atoms with van der Waals surface area (Å²) in [4.78, 5) is 1.36. The number of para-hydroxylation sites is 1. The number of nitrogens with one attached hydrogen (secondary N) is 1. The van der Waals surface area contributed by atoms with Gasteiger partial charge < -0.3 is 5.32 Å². The third kappa shape index (κ3) is 1.93. The van der Waals surface area contributed by atoms with Gasteiger partial charge in [-0.05, 0) is 17.7 Å². The van der Waals surface area contributed by atoms with Crippen molar-refractivity contribution in [1.82, 2.24) is 0 Å². The Morgan fingerprint density at radius 1 is 0.938 bits per heavy atom. The Hall–Kier alpha value is -1.41. The van der Waals surface area contributed by atoms with E-state index in [1.54, 1.807) is 0 Å². The highest BCUT2D eigenvalue weighted by molar-refractivity contribution is 8.00. The quantitative estimate of drug-likeness (QED) is 0.838. The van der Waals surface area contributed by atoms with Gasteiger partial charge in [-0.2, -0.15) is 0 Å². The molecule has 1 heterocycles. The fourth-order valence-electron chi connectivity index (χ4n) is 1.97. The van der Waals surface area contributed by atoms with Crippen LogP contribution in [0.4, 0.5) is 5.69 Å². The molecule has 0 aliphatic carbocycles. The highest BCUT2D eigenvalue weighted by atomic mass is 32.2. The zero-order valence-corrected chi connectivity index (χ0v) is 9.71. The van der Waals surface area contributed by atoms with Gasteiger partial charge in [0.05, 0.1) is 5.37 Å². The van der Waals surface area contributed by atoms with E-state index in [0.29, 0.717) is 5.37 Å². The van der Waals surface area contributed by atoms with E-state index in [0.717, 1.165) is 6.42 Å². The largest absolute Gasteiger partial charge is 0.372 e. The van der Waals surface area contributed by atoms with Gasteiger partial charge in [-0.25, -0.2) is 0 Å². The average molecular weight is 227 g/mol. The Balaban J connectivity index is 1.73. The maximum absolute atomic E-state index is 3.55. The fourth-order valence-corrected chi connectivity index (χ4v) is 3.14. The summed E-state index contributed by atoms with van der Waals surface area (Å²) in [7, 11) is 0. The van der Waals surface area contributed by atoms with Crippen LogP contribution in [0.1, 0.15) is 5.56 Å². The van der Waals surface area contributed by atoms with Gasteiger partial charge in [0.2, 0.25) is 0 Å². The minimum absolute atomic E-state index is 0.472. The molecular formula is C14H13NS. The molecule has 2 aromatic rings. The molecule has 0 unspecified atom stereocenters. The van der Waals surface area contributed by atoms with Gasteiger partial charge in [-0.1, -0.05) is 54.2 Å². The van der Waals surface area contributed by atoms with Crippen LogP contribution in [0.3, 0.4) is 0 Å². The summed E-state index contributed by atoms with van der Waals surface area (Å²) in [6, 6.07) is 19.1. The predicted molar refractivity (Wildman–Crippen MR) is 69.9 cm³/mol. The number of anilines is 1. The van der Waals surface area contributed by atoms with Crippen molar-refractivity contribution in [3.8, 4) is 0 Å². The molecule has 0 radical (unpaired) electrons. The molecule has 80 valence electrons. The molecule has 0 saturated heterocycles. The van der Waals surface area contributed by atoms with E-state index in [9.17, 15) is 0 Å². The summed E-state index contributed by atoms with van der Waals surface area (Å²) in [6.07, 6.45) is 1.07. The molecule has 1 nitrogen and oxygen atoms in total. The molecule has 3 rings (SSSR count). The van der Waals surface area contributed by atoms with Crippen LogP contribution >= 0.6 is 11.8 Å². The molecule has 2 heteroatoms. The first-order valence-corrected chi connectivity index (χ1v) is 6.36. The van der Waals surface area contributed by atoms with Crippen molar-refractivity contribution in [1.29, 1.82) is 0 Å². The molecule has 0 bridgehead atoms. The van der Waals surface area contributed by atoms with Crippen molar-refractivity contribution in [3.63, 3.8) is 0 Å². The summed E-state index contributed by atoms with van der Waals surface area (Å²) in [5.41, 5.74) is 2.66. The van der Waals surface area contributed by atoms with Crippen LogP contribution in [0.25, 0.3) is 0 Å². The summed E-state index contributed by atoms with van der Waals surface area (Å²) < 4.78 is 0. The molecule has 1 N–H and O–H groups in total. The second-order valence-corrected chi connectivity index (χ2v) is 5.18. The van der Waals surface area contributed by atoms with Gasteiger partial charge in [0.25, 0.3) is 0 Å². The standard InChI is InChI=1S/C14H13NS/c1-2-6-11(7-3-1)10-14-15-12-8-4-5-9-13(12)16-14/h1-9,14-15H,10H2/t14-/m0/s1.